The summed E-state index contributed by atoms with van der Waals surface area (Å²) in [5.41, 5.74) is 1.48. The Kier molecular flexibility index (Phi) is 4.80. The number of benzene rings is 1. The topological polar surface area (TPSA) is 29.1 Å². The zero-order chi connectivity index (χ0) is 13.9. The average molecular weight is 268 g/mol. The molecule has 0 heterocycles. The van der Waals surface area contributed by atoms with Crippen LogP contribution in [0.4, 0.5) is 0 Å². The van der Waals surface area contributed by atoms with Crippen molar-refractivity contribution in [2.75, 3.05) is 0 Å². The van der Waals surface area contributed by atoms with Crippen molar-refractivity contribution in [2.24, 2.45) is 0 Å². The van der Waals surface area contributed by atoms with Gasteiger partial charge >= 0.3 is 0 Å². The Bertz CT molecular complexity index is 407. The molecule has 0 saturated carbocycles. The number of nitrogens with one attached hydrogen (secondary N) is 1. The van der Waals surface area contributed by atoms with Crippen LogP contribution in [0.15, 0.2) is 24.3 Å². The molecule has 0 radical (unpaired) electrons. The molecule has 0 fully saturated rings. The Morgan fingerprint density at radius 3 is 2.06 bits per heavy atom. The number of amides is 1. The molecular weight excluding hydrogens is 246 g/mol. The SMILES string of the molecule is CC(C)c1ccc(C(=O)NC(C)(C)C(C)Cl)cc1. The molecule has 1 aromatic rings. The van der Waals surface area contributed by atoms with E-state index in [0.717, 1.165) is 0 Å². The van der Waals surface area contributed by atoms with Crippen molar-refractivity contribution in [3.8, 4) is 0 Å². The van der Waals surface area contributed by atoms with Crippen LogP contribution in [0, 0.1) is 0 Å². The van der Waals surface area contributed by atoms with Crippen LogP contribution in [0.3, 0.4) is 0 Å². The molecule has 0 aliphatic rings. The molecule has 1 unspecified atom stereocenters. The first kappa shape index (κ1) is 15.0. The molecular formula is C15H22ClNO. The quantitative estimate of drug-likeness (QED) is 0.823. The maximum absolute atomic E-state index is 12.1. The second-order valence-electron chi connectivity index (χ2n) is 5.57. The van der Waals surface area contributed by atoms with Gasteiger partial charge < -0.3 is 5.32 Å². The van der Waals surface area contributed by atoms with E-state index in [1.807, 2.05) is 45.0 Å². The van der Waals surface area contributed by atoms with E-state index in [0.29, 0.717) is 11.5 Å². The van der Waals surface area contributed by atoms with Crippen molar-refractivity contribution in [2.45, 2.75) is 51.5 Å². The van der Waals surface area contributed by atoms with Gasteiger partial charge in [0, 0.05) is 5.56 Å². The lowest BCUT2D eigenvalue weighted by Gasteiger charge is -2.29. The molecule has 0 aliphatic carbocycles. The number of alkyl halides is 1. The number of carbonyl (C=O) groups excluding carboxylic acids is 1. The molecule has 0 aromatic heterocycles. The summed E-state index contributed by atoms with van der Waals surface area (Å²) in [6, 6.07) is 7.71. The molecule has 1 rings (SSSR count). The van der Waals surface area contributed by atoms with Gasteiger partial charge in [-0.1, -0.05) is 26.0 Å². The molecule has 1 N–H and O–H groups in total. The van der Waals surface area contributed by atoms with Crippen LogP contribution in [-0.2, 0) is 0 Å². The number of hydrogen-bond donors (Lipinski definition) is 1. The van der Waals surface area contributed by atoms with E-state index in [-0.39, 0.29) is 11.3 Å². The lowest BCUT2D eigenvalue weighted by atomic mass is 9.99. The fourth-order valence-corrected chi connectivity index (χ4v) is 1.54. The van der Waals surface area contributed by atoms with Crippen molar-refractivity contribution in [1.82, 2.24) is 5.32 Å². The highest BCUT2D eigenvalue weighted by atomic mass is 35.5. The fraction of sp³-hybridized carbons (Fsp3) is 0.533. The molecule has 18 heavy (non-hydrogen) atoms. The lowest BCUT2D eigenvalue weighted by Crippen LogP contribution is -2.49. The minimum atomic E-state index is -0.421. The summed E-state index contributed by atoms with van der Waals surface area (Å²) >= 11 is 6.05. The highest BCUT2D eigenvalue weighted by molar-refractivity contribution is 6.21. The molecule has 0 spiro atoms. The van der Waals surface area contributed by atoms with Crippen LogP contribution >= 0.6 is 11.6 Å². The largest absolute Gasteiger partial charge is 0.346 e. The van der Waals surface area contributed by atoms with E-state index >= 15 is 0 Å². The van der Waals surface area contributed by atoms with Crippen LogP contribution in [0.5, 0.6) is 0 Å². The highest BCUT2D eigenvalue weighted by Crippen LogP contribution is 2.17. The third kappa shape index (κ3) is 3.74. The van der Waals surface area contributed by atoms with Crippen molar-refractivity contribution >= 4 is 17.5 Å². The minimum absolute atomic E-state index is 0.0807. The van der Waals surface area contributed by atoms with Crippen molar-refractivity contribution in [3.05, 3.63) is 35.4 Å². The van der Waals surface area contributed by atoms with Gasteiger partial charge in [-0.3, -0.25) is 4.79 Å². The normalized spacial score (nSPS) is 13.5. The number of rotatable bonds is 4. The van der Waals surface area contributed by atoms with Crippen LogP contribution in [-0.4, -0.2) is 16.8 Å². The Labute approximate surface area is 115 Å². The summed E-state index contributed by atoms with van der Waals surface area (Å²) in [5.74, 6) is 0.393. The van der Waals surface area contributed by atoms with Crippen molar-refractivity contribution in [1.29, 1.82) is 0 Å². The highest BCUT2D eigenvalue weighted by Gasteiger charge is 2.26. The van der Waals surface area contributed by atoms with Crippen LogP contribution in [0.25, 0.3) is 0 Å². The van der Waals surface area contributed by atoms with Gasteiger partial charge in [0.25, 0.3) is 5.91 Å². The molecule has 0 bridgehead atoms. The van der Waals surface area contributed by atoms with Gasteiger partial charge in [-0.05, 0) is 44.4 Å². The molecule has 3 heteroatoms. The maximum atomic E-state index is 12.1. The predicted molar refractivity (Wildman–Crippen MR) is 77.4 cm³/mol. The molecule has 100 valence electrons. The first-order valence-corrected chi connectivity index (χ1v) is 6.74. The molecule has 1 amide bonds. The predicted octanol–water partition coefficient (Wildman–Crippen LogP) is 3.95. The van der Waals surface area contributed by atoms with Gasteiger partial charge in [-0.15, -0.1) is 11.6 Å². The van der Waals surface area contributed by atoms with Crippen LogP contribution in [0.1, 0.15) is 56.5 Å². The number of halogens is 1. The van der Waals surface area contributed by atoms with E-state index in [2.05, 4.69) is 19.2 Å². The van der Waals surface area contributed by atoms with E-state index in [1.54, 1.807) is 0 Å². The summed E-state index contributed by atoms with van der Waals surface area (Å²) in [6.07, 6.45) is 0. The standard InChI is InChI=1S/C15H22ClNO/c1-10(2)12-6-8-13(9-7-12)14(18)17-15(4,5)11(3)16/h6-11H,1-5H3,(H,17,18). The Morgan fingerprint density at radius 2 is 1.67 bits per heavy atom. The van der Waals surface area contributed by atoms with Gasteiger partial charge in [-0.25, -0.2) is 0 Å². The van der Waals surface area contributed by atoms with E-state index in [4.69, 9.17) is 11.6 Å². The third-order valence-corrected chi connectivity index (χ3v) is 3.82. The molecule has 0 aliphatic heterocycles. The van der Waals surface area contributed by atoms with Gasteiger partial charge in [0.15, 0.2) is 0 Å². The first-order chi connectivity index (χ1) is 8.24. The fourth-order valence-electron chi connectivity index (χ4n) is 1.48. The third-order valence-electron chi connectivity index (χ3n) is 3.27. The van der Waals surface area contributed by atoms with Crippen molar-refractivity contribution < 1.29 is 4.79 Å². The summed E-state index contributed by atoms with van der Waals surface area (Å²) in [5, 5.41) is 2.82. The summed E-state index contributed by atoms with van der Waals surface area (Å²) in [7, 11) is 0. The first-order valence-electron chi connectivity index (χ1n) is 6.30. The second kappa shape index (κ2) is 5.75. The smallest absolute Gasteiger partial charge is 0.251 e. The van der Waals surface area contributed by atoms with Crippen molar-refractivity contribution in [3.63, 3.8) is 0 Å². The average Bonchev–Trinajstić information content (AvgIpc) is 2.28. The zero-order valence-electron chi connectivity index (χ0n) is 11.8. The van der Waals surface area contributed by atoms with E-state index in [1.165, 1.54) is 5.56 Å². The van der Waals surface area contributed by atoms with Crippen LogP contribution < -0.4 is 5.32 Å². The Morgan fingerprint density at radius 1 is 1.17 bits per heavy atom. The summed E-state index contributed by atoms with van der Waals surface area (Å²) < 4.78 is 0. The Hall–Kier alpha value is -1.02. The molecule has 1 atom stereocenters. The zero-order valence-corrected chi connectivity index (χ0v) is 12.5. The number of hydrogen-bond acceptors (Lipinski definition) is 1. The minimum Gasteiger partial charge on any atom is -0.346 e. The van der Waals surface area contributed by atoms with Crippen LogP contribution in [0.2, 0.25) is 0 Å². The summed E-state index contributed by atoms with van der Waals surface area (Å²) in [4.78, 5) is 12.1. The van der Waals surface area contributed by atoms with Gasteiger partial charge in [-0.2, -0.15) is 0 Å². The lowest BCUT2D eigenvalue weighted by molar-refractivity contribution is 0.0912. The van der Waals surface area contributed by atoms with Gasteiger partial charge in [0.05, 0.1) is 10.9 Å². The Balaban J connectivity index is 2.79. The van der Waals surface area contributed by atoms with E-state index in [9.17, 15) is 4.79 Å². The number of carbonyl (C=O) groups is 1. The molecule has 1 aromatic carbocycles. The van der Waals surface area contributed by atoms with Gasteiger partial charge in [0.2, 0.25) is 0 Å². The molecule has 2 nitrogen and oxygen atoms in total. The van der Waals surface area contributed by atoms with Gasteiger partial charge in [0.1, 0.15) is 0 Å². The maximum Gasteiger partial charge on any atom is 0.251 e. The van der Waals surface area contributed by atoms with E-state index < -0.39 is 5.54 Å². The second-order valence-corrected chi connectivity index (χ2v) is 6.22. The monoisotopic (exact) mass is 267 g/mol. The summed E-state index contributed by atoms with van der Waals surface area (Å²) in [6.45, 7) is 9.99. The molecule has 0 saturated heterocycles.